The molecule has 23 heavy (non-hydrogen) atoms. The van der Waals surface area contributed by atoms with E-state index >= 15 is 0 Å². The number of hydrogen-bond donors (Lipinski definition) is 0. The molecule has 5 heteroatoms. The van der Waals surface area contributed by atoms with Gasteiger partial charge in [-0.15, -0.1) is 5.06 Å². The minimum absolute atomic E-state index is 0.249. The average molecular weight is 317 g/mol. The van der Waals surface area contributed by atoms with Gasteiger partial charge in [-0.25, -0.2) is 0 Å². The van der Waals surface area contributed by atoms with Gasteiger partial charge in [0.15, 0.2) is 0 Å². The summed E-state index contributed by atoms with van der Waals surface area (Å²) in [6, 6.07) is 6.75. The smallest absolute Gasteiger partial charge is 0.285 e. The molecular weight excluding hydrogens is 294 g/mol. The number of hydrogen-bond acceptors (Lipinski definition) is 4. The number of carbonyl (C=O) groups excluding carboxylic acids is 3. The fourth-order valence-corrected chi connectivity index (χ4v) is 2.62. The zero-order valence-corrected chi connectivity index (χ0v) is 13.5. The molecule has 2 rings (SSSR count). The van der Waals surface area contributed by atoms with Crippen molar-refractivity contribution >= 4 is 17.6 Å². The Kier molecular flexibility index (Phi) is 6.47. The third kappa shape index (κ3) is 4.73. The molecule has 1 aromatic rings. The Labute approximate surface area is 136 Å². The number of hydroxylamine groups is 2. The summed E-state index contributed by atoms with van der Waals surface area (Å²) in [6.07, 6.45) is 6.66. The fourth-order valence-electron chi connectivity index (χ4n) is 2.62. The van der Waals surface area contributed by atoms with Crippen molar-refractivity contribution in [2.45, 2.75) is 51.9 Å². The van der Waals surface area contributed by atoms with E-state index in [0.29, 0.717) is 24.2 Å². The minimum Gasteiger partial charge on any atom is -0.300 e. The normalized spacial score (nSPS) is 13.5. The molecule has 124 valence electrons. The first-order chi connectivity index (χ1) is 11.1. The Bertz CT molecular complexity index is 547. The summed E-state index contributed by atoms with van der Waals surface area (Å²) in [4.78, 5) is 40.3. The minimum atomic E-state index is -0.380. The molecule has 5 nitrogen and oxygen atoms in total. The fraction of sp³-hybridized carbons (Fsp3) is 0.500. The van der Waals surface area contributed by atoms with Crippen LogP contribution in [0.5, 0.6) is 0 Å². The zero-order valence-electron chi connectivity index (χ0n) is 13.5. The van der Waals surface area contributed by atoms with Crippen LogP contribution in [-0.4, -0.2) is 29.3 Å². The molecule has 0 N–H and O–H groups in total. The number of amides is 2. The van der Waals surface area contributed by atoms with Gasteiger partial charge in [-0.1, -0.05) is 37.8 Å². The van der Waals surface area contributed by atoms with Gasteiger partial charge in [0.2, 0.25) is 0 Å². The average Bonchev–Trinajstić information content (AvgIpc) is 2.78. The second-order valence-electron chi connectivity index (χ2n) is 5.86. The summed E-state index contributed by atoms with van der Waals surface area (Å²) < 4.78 is 0. The predicted octanol–water partition coefficient (Wildman–Crippen LogP) is 3.53. The Hall–Kier alpha value is -2.01. The Morgan fingerprint density at radius 1 is 0.913 bits per heavy atom. The first-order valence-electron chi connectivity index (χ1n) is 8.21. The van der Waals surface area contributed by atoms with E-state index in [-0.39, 0.29) is 17.6 Å². The molecule has 0 atom stereocenters. The maximum Gasteiger partial charge on any atom is 0.285 e. The van der Waals surface area contributed by atoms with Crippen LogP contribution in [-0.2, 0) is 9.63 Å². The molecule has 0 saturated carbocycles. The number of benzene rings is 1. The molecule has 2 amide bonds. The van der Waals surface area contributed by atoms with Crippen LogP contribution in [0.3, 0.4) is 0 Å². The van der Waals surface area contributed by atoms with Crippen LogP contribution in [0.4, 0.5) is 0 Å². The summed E-state index contributed by atoms with van der Waals surface area (Å²) in [5, 5.41) is 0.873. The molecule has 0 aliphatic carbocycles. The van der Waals surface area contributed by atoms with Gasteiger partial charge in [0, 0.05) is 6.42 Å². The van der Waals surface area contributed by atoms with Gasteiger partial charge in [-0.05, 0) is 31.9 Å². The van der Waals surface area contributed by atoms with Gasteiger partial charge in [-0.3, -0.25) is 14.4 Å². The van der Waals surface area contributed by atoms with Crippen LogP contribution >= 0.6 is 0 Å². The van der Waals surface area contributed by atoms with Crippen molar-refractivity contribution in [1.29, 1.82) is 0 Å². The highest BCUT2D eigenvalue weighted by Crippen LogP contribution is 2.22. The summed E-state index contributed by atoms with van der Waals surface area (Å²) in [5.41, 5.74) is 0.811. The summed E-state index contributed by atoms with van der Waals surface area (Å²) in [5.74, 6) is -0.510. The van der Waals surface area contributed by atoms with Crippen LogP contribution in [0.15, 0.2) is 24.3 Å². The second kappa shape index (κ2) is 8.58. The molecule has 1 aromatic carbocycles. The number of fused-ring (bicyclic) bond motifs is 1. The van der Waals surface area contributed by atoms with E-state index in [0.717, 1.165) is 43.6 Å². The van der Waals surface area contributed by atoms with Gasteiger partial charge in [0.25, 0.3) is 11.8 Å². The SMILES string of the molecule is CC(=O)CCCCCCCCON1C(=O)c2ccccc2C1=O. The Morgan fingerprint density at radius 3 is 2.00 bits per heavy atom. The highest BCUT2D eigenvalue weighted by molar-refractivity contribution is 6.20. The second-order valence-corrected chi connectivity index (χ2v) is 5.86. The number of nitrogens with zero attached hydrogens (tertiary/aromatic N) is 1. The number of unbranched alkanes of at least 4 members (excludes halogenated alkanes) is 5. The molecule has 0 unspecified atom stereocenters. The highest BCUT2D eigenvalue weighted by atomic mass is 16.7. The Balaban J connectivity index is 1.60. The van der Waals surface area contributed by atoms with E-state index in [9.17, 15) is 14.4 Å². The molecular formula is C18H23NO4. The first-order valence-corrected chi connectivity index (χ1v) is 8.21. The van der Waals surface area contributed by atoms with Gasteiger partial charge >= 0.3 is 0 Å². The number of imide groups is 1. The molecule has 0 radical (unpaired) electrons. The first kappa shape index (κ1) is 17.3. The third-order valence-electron chi connectivity index (χ3n) is 3.90. The van der Waals surface area contributed by atoms with E-state index in [1.807, 2.05) is 0 Å². The van der Waals surface area contributed by atoms with E-state index in [2.05, 4.69) is 0 Å². The quantitative estimate of drug-likeness (QED) is 0.489. The van der Waals surface area contributed by atoms with Crippen LogP contribution in [0.2, 0.25) is 0 Å². The Morgan fingerprint density at radius 2 is 1.43 bits per heavy atom. The molecule has 0 aromatic heterocycles. The van der Waals surface area contributed by atoms with Crippen LogP contribution < -0.4 is 0 Å². The molecule has 0 spiro atoms. The van der Waals surface area contributed by atoms with Crippen LogP contribution in [0.25, 0.3) is 0 Å². The number of rotatable bonds is 10. The standard InChI is InChI=1S/C18H23NO4/c1-14(20)10-6-4-2-3-5-9-13-23-19-17(21)15-11-7-8-12-16(15)18(19)22/h7-8,11-12H,2-6,9-10,13H2,1H3. The van der Waals surface area contributed by atoms with Crippen molar-refractivity contribution in [1.82, 2.24) is 5.06 Å². The zero-order chi connectivity index (χ0) is 16.7. The van der Waals surface area contributed by atoms with E-state index in [4.69, 9.17) is 4.84 Å². The van der Waals surface area contributed by atoms with Gasteiger partial charge in [0.1, 0.15) is 5.78 Å². The van der Waals surface area contributed by atoms with Crippen molar-refractivity contribution in [3.8, 4) is 0 Å². The van der Waals surface area contributed by atoms with Crippen molar-refractivity contribution in [2.75, 3.05) is 6.61 Å². The largest absolute Gasteiger partial charge is 0.300 e. The maximum atomic E-state index is 12.1. The van der Waals surface area contributed by atoms with Crippen molar-refractivity contribution in [3.05, 3.63) is 35.4 Å². The number of ketones is 1. The van der Waals surface area contributed by atoms with Crippen LogP contribution in [0, 0.1) is 0 Å². The van der Waals surface area contributed by atoms with E-state index in [1.54, 1.807) is 31.2 Å². The lowest BCUT2D eigenvalue weighted by atomic mass is 10.1. The number of carbonyl (C=O) groups is 3. The maximum absolute atomic E-state index is 12.1. The monoisotopic (exact) mass is 317 g/mol. The molecule has 0 saturated heterocycles. The van der Waals surface area contributed by atoms with Gasteiger partial charge in [-0.2, -0.15) is 0 Å². The lowest BCUT2D eigenvalue weighted by molar-refractivity contribution is -0.117. The van der Waals surface area contributed by atoms with Crippen molar-refractivity contribution in [3.63, 3.8) is 0 Å². The van der Waals surface area contributed by atoms with Crippen molar-refractivity contribution in [2.24, 2.45) is 0 Å². The van der Waals surface area contributed by atoms with E-state index in [1.165, 1.54) is 0 Å². The predicted molar refractivity (Wildman–Crippen MR) is 85.9 cm³/mol. The summed E-state index contributed by atoms with van der Waals surface area (Å²) in [7, 11) is 0. The van der Waals surface area contributed by atoms with Crippen molar-refractivity contribution < 1.29 is 19.2 Å². The lowest BCUT2D eigenvalue weighted by Crippen LogP contribution is -2.30. The summed E-state index contributed by atoms with van der Waals surface area (Å²) >= 11 is 0. The molecule has 0 fully saturated rings. The number of Topliss-reactive ketones (excluding diaryl/α,β-unsaturated/α-hetero) is 1. The molecule has 0 bridgehead atoms. The van der Waals surface area contributed by atoms with Crippen LogP contribution in [0.1, 0.15) is 72.6 Å². The van der Waals surface area contributed by atoms with Gasteiger partial charge in [0.05, 0.1) is 17.7 Å². The third-order valence-corrected chi connectivity index (χ3v) is 3.90. The molecule has 1 heterocycles. The lowest BCUT2D eigenvalue weighted by Gasteiger charge is -2.13. The molecule has 1 aliphatic rings. The summed E-state index contributed by atoms with van der Waals surface area (Å²) in [6.45, 7) is 1.98. The van der Waals surface area contributed by atoms with E-state index < -0.39 is 0 Å². The highest BCUT2D eigenvalue weighted by Gasteiger charge is 2.36. The molecule has 1 aliphatic heterocycles. The van der Waals surface area contributed by atoms with Gasteiger partial charge < -0.3 is 4.79 Å². The topological polar surface area (TPSA) is 63.7 Å².